The number of para-hydroxylation sites is 1. The number of aliphatic hydroxyl groups is 1. The third kappa shape index (κ3) is 5.70. The van der Waals surface area contributed by atoms with Gasteiger partial charge < -0.3 is 25.0 Å². The average Bonchev–Trinajstić information content (AvgIpc) is 2.90. The number of carbonyl (C=O) groups is 2. The molecule has 1 atom stereocenters. The van der Waals surface area contributed by atoms with Crippen LogP contribution in [0.3, 0.4) is 0 Å². The Balaban J connectivity index is 1.55. The molecule has 2 fully saturated rings. The summed E-state index contributed by atoms with van der Waals surface area (Å²) < 4.78 is 5.33. The van der Waals surface area contributed by atoms with Crippen LogP contribution in [-0.2, 0) is 4.79 Å². The lowest BCUT2D eigenvalue weighted by molar-refractivity contribution is -0.120. The van der Waals surface area contributed by atoms with E-state index in [1.807, 2.05) is 17.0 Å². The molecule has 1 aromatic carbocycles. The maximum absolute atomic E-state index is 13.0. The molecule has 0 radical (unpaired) electrons. The zero-order valence-electron chi connectivity index (χ0n) is 17.5. The fourth-order valence-corrected chi connectivity index (χ4v) is 4.47. The molecule has 0 bridgehead atoms. The van der Waals surface area contributed by atoms with Crippen molar-refractivity contribution in [2.75, 3.05) is 39.8 Å². The highest BCUT2D eigenvalue weighted by Gasteiger charge is 2.35. The summed E-state index contributed by atoms with van der Waals surface area (Å²) in [6.45, 7) is 5.10. The largest absolute Gasteiger partial charge is 0.496 e. The average molecular weight is 404 g/mol. The van der Waals surface area contributed by atoms with Crippen molar-refractivity contribution in [2.45, 2.75) is 50.7 Å². The second-order valence-corrected chi connectivity index (χ2v) is 8.32. The van der Waals surface area contributed by atoms with E-state index < -0.39 is 5.60 Å². The molecule has 2 heterocycles. The van der Waals surface area contributed by atoms with Gasteiger partial charge in [-0.25, -0.2) is 0 Å². The van der Waals surface area contributed by atoms with Crippen LogP contribution < -0.4 is 10.1 Å². The number of carbonyl (C=O) groups excluding carboxylic acids is 2. The number of likely N-dealkylation sites (tertiary alicyclic amines) is 2. The van der Waals surface area contributed by atoms with E-state index in [4.69, 9.17) is 4.74 Å². The third-order valence-corrected chi connectivity index (χ3v) is 6.05. The second kappa shape index (κ2) is 9.59. The van der Waals surface area contributed by atoms with E-state index in [1.165, 1.54) is 0 Å². The van der Waals surface area contributed by atoms with Gasteiger partial charge in [0.05, 0.1) is 18.3 Å². The fraction of sp³-hybridized carbons (Fsp3) is 0.636. The molecule has 2 aliphatic heterocycles. The molecule has 2 aliphatic rings. The Morgan fingerprint density at radius 3 is 2.59 bits per heavy atom. The Bertz CT molecular complexity index is 718. The van der Waals surface area contributed by atoms with Gasteiger partial charge in [-0.15, -0.1) is 0 Å². The molecule has 2 N–H and O–H groups in total. The van der Waals surface area contributed by atoms with Gasteiger partial charge in [0, 0.05) is 45.7 Å². The molecule has 7 nitrogen and oxygen atoms in total. The van der Waals surface area contributed by atoms with E-state index in [-0.39, 0.29) is 17.9 Å². The number of amides is 2. The van der Waals surface area contributed by atoms with Crippen molar-refractivity contribution in [1.29, 1.82) is 0 Å². The monoisotopic (exact) mass is 403 g/mol. The molecular weight excluding hydrogens is 370 g/mol. The second-order valence-electron chi connectivity index (χ2n) is 8.32. The first-order chi connectivity index (χ1) is 13.9. The predicted octanol–water partition coefficient (Wildman–Crippen LogP) is 1.65. The first-order valence-corrected chi connectivity index (χ1v) is 10.5. The lowest BCUT2D eigenvalue weighted by Gasteiger charge is -2.38. The van der Waals surface area contributed by atoms with Gasteiger partial charge in [0.2, 0.25) is 5.91 Å². The molecule has 2 saturated heterocycles. The Hall–Kier alpha value is -2.12. The van der Waals surface area contributed by atoms with E-state index in [0.29, 0.717) is 43.8 Å². The Morgan fingerprint density at radius 2 is 1.90 bits per heavy atom. The standard InChI is InChI=1S/C22H33N3O4/c1-17(26)23-18-8-13-24(14-9-18)16-22(28)10-5-12-25(15-11-22)21(27)19-6-3-4-7-20(19)29-2/h3-4,6-7,18,28H,5,8-16H2,1-2H3,(H,23,26). The Kier molecular flexibility index (Phi) is 7.14. The van der Waals surface area contributed by atoms with Crippen molar-refractivity contribution in [3.8, 4) is 5.75 Å². The minimum atomic E-state index is -0.781. The van der Waals surface area contributed by atoms with Crippen LogP contribution in [0.1, 0.15) is 49.4 Å². The van der Waals surface area contributed by atoms with Crippen LogP contribution in [0.15, 0.2) is 24.3 Å². The van der Waals surface area contributed by atoms with Crippen molar-refractivity contribution < 1.29 is 19.4 Å². The van der Waals surface area contributed by atoms with Crippen LogP contribution in [0.25, 0.3) is 0 Å². The smallest absolute Gasteiger partial charge is 0.257 e. The lowest BCUT2D eigenvalue weighted by atomic mass is 9.93. The van der Waals surface area contributed by atoms with Crippen LogP contribution in [-0.4, -0.2) is 78.2 Å². The molecule has 0 saturated carbocycles. The minimum Gasteiger partial charge on any atom is -0.496 e. The zero-order chi connectivity index (χ0) is 20.9. The number of benzene rings is 1. The van der Waals surface area contributed by atoms with E-state index >= 15 is 0 Å². The molecule has 0 aromatic heterocycles. The molecule has 3 rings (SSSR count). The highest BCUT2D eigenvalue weighted by atomic mass is 16.5. The predicted molar refractivity (Wildman–Crippen MR) is 111 cm³/mol. The van der Waals surface area contributed by atoms with Crippen molar-refractivity contribution in [3.63, 3.8) is 0 Å². The number of nitrogens with one attached hydrogen (secondary N) is 1. The lowest BCUT2D eigenvalue weighted by Crippen LogP contribution is -2.50. The van der Waals surface area contributed by atoms with Crippen LogP contribution in [0, 0.1) is 0 Å². The normalized spacial score (nSPS) is 24.0. The van der Waals surface area contributed by atoms with E-state index in [0.717, 1.165) is 32.4 Å². The van der Waals surface area contributed by atoms with Crippen molar-refractivity contribution in [3.05, 3.63) is 29.8 Å². The molecule has 2 amide bonds. The summed E-state index contributed by atoms with van der Waals surface area (Å²) in [5.74, 6) is 0.563. The summed E-state index contributed by atoms with van der Waals surface area (Å²) in [7, 11) is 1.57. The van der Waals surface area contributed by atoms with Crippen molar-refractivity contribution in [1.82, 2.24) is 15.1 Å². The summed E-state index contributed by atoms with van der Waals surface area (Å²) in [6.07, 6.45) is 3.86. The van der Waals surface area contributed by atoms with E-state index in [1.54, 1.807) is 26.2 Å². The summed E-state index contributed by atoms with van der Waals surface area (Å²) >= 11 is 0. The van der Waals surface area contributed by atoms with Gasteiger partial charge >= 0.3 is 0 Å². The van der Waals surface area contributed by atoms with Gasteiger partial charge in [-0.2, -0.15) is 0 Å². The number of hydrogen-bond donors (Lipinski definition) is 2. The molecule has 29 heavy (non-hydrogen) atoms. The van der Waals surface area contributed by atoms with E-state index in [2.05, 4.69) is 10.2 Å². The van der Waals surface area contributed by atoms with Gasteiger partial charge in [0.1, 0.15) is 5.75 Å². The maximum atomic E-state index is 13.0. The number of hydrogen-bond acceptors (Lipinski definition) is 5. The number of β-amino-alcohol motifs (C(OH)–C–C–N with tert-alkyl or cyclic N) is 1. The molecule has 160 valence electrons. The molecule has 0 aliphatic carbocycles. The van der Waals surface area contributed by atoms with E-state index in [9.17, 15) is 14.7 Å². The van der Waals surface area contributed by atoms with Crippen LogP contribution >= 0.6 is 0 Å². The number of piperidine rings is 1. The highest BCUT2D eigenvalue weighted by Crippen LogP contribution is 2.27. The van der Waals surface area contributed by atoms with Crippen LogP contribution in [0.5, 0.6) is 5.75 Å². The van der Waals surface area contributed by atoms with Gasteiger partial charge in [-0.1, -0.05) is 12.1 Å². The molecule has 0 spiro atoms. The summed E-state index contributed by atoms with van der Waals surface area (Å²) in [6, 6.07) is 7.52. The topological polar surface area (TPSA) is 82.1 Å². The molecule has 1 unspecified atom stereocenters. The van der Waals surface area contributed by atoms with Gasteiger partial charge in [-0.3, -0.25) is 9.59 Å². The molecule has 7 heteroatoms. The van der Waals surface area contributed by atoms with Crippen LogP contribution in [0.4, 0.5) is 0 Å². The maximum Gasteiger partial charge on any atom is 0.257 e. The summed E-state index contributed by atoms with van der Waals surface area (Å²) in [5.41, 5.74) is -0.211. The molecule has 1 aromatic rings. The summed E-state index contributed by atoms with van der Waals surface area (Å²) in [4.78, 5) is 28.3. The Labute approximate surface area is 173 Å². The number of methoxy groups -OCH3 is 1. The van der Waals surface area contributed by atoms with Crippen molar-refractivity contribution in [2.24, 2.45) is 0 Å². The fourth-order valence-electron chi connectivity index (χ4n) is 4.47. The SMILES string of the molecule is COc1ccccc1C(=O)N1CCCC(O)(CN2CCC(NC(C)=O)CC2)CC1. The van der Waals surface area contributed by atoms with Gasteiger partial charge in [0.15, 0.2) is 0 Å². The Morgan fingerprint density at radius 1 is 1.17 bits per heavy atom. The summed E-state index contributed by atoms with van der Waals surface area (Å²) in [5, 5.41) is 14.2. The van der Waals surface area contributed by atoms with Crippen LogP contribution in [0.2, 0.25) is 0 Å². The number of rotatable bonds is 5. The minimum absolute atomic E-state index is 0.0191. The number of ether oxygens (including phenoxy) is 1. The highest BCUT2D eigenvalue weighted by molar-refractivity contribution is 5.97. The quantitative estimate of drug-likeness (QED) is 0.781. The first kappa shape index (κ1) is 21.6. The van der Waals surface area contributed by atoms with Crippen molar-refractivity contribution >= 4 is 11.8 Å². The number of nitrogens with zero attached hydrogens (tertiary/aromatic N) is 2. The molecular formula is C22H33N3O4. The zero-order valence-corrected chi connectivity index (χ0v) is 17.5. The first-order valence-electron chi connectivity index (χ1n) is 10.5. The van der Waals surface area contributed by atoms with Gasteiger partial charge in [-0.05, 0) is 44.2 Å². The van der Waals surface area contributed by atoms with Gasteiger partial charge in [0.25, 0.3) is 5.91 Å². The third-order valence-electron chi connectivity index (χ3n) is 6.05.